The lowest BCUT2D eigenvalue weighted by Gasteiger charge is -1.81. The lowest BCUT2D eigenvalue weighted by Crippen LogP contribution is -1.90. The van der Waals surface area contributed by atoms with Crippen molar-refractivity contribution in [3.05, 3.63) is 11.9 Å². The molecule has 0 saturated heterocycles. The van der Waals surface area contributed by atoms with E-state index in [9.17, 15) is 0 Å². The molecule has 0 aliphatic rings. The van der Waals surface area contributed by atoms with Crippen molar-refractivity contribution in [1.29, 1.82) is 0 Å². The number of rotatable bonds is 2. The number of nitrogens with two attached hydrogens (primary N) is 1. The quantitative estimate of drug-likeness (QED) is 0.419. The second-order valence-electron chi connectivity index (χ2n) is 0.883. The maximum atomic E-state index is 5.00. The second-order valence-corrected chi connectivity index (χ2v) is 4.00. The van der Waals surface area contributed by atoms with Gasteiger partial charge in [0.15, 0.2) is 9.76 Å². The fourth-order valence-corrected chi connectivity index (χ4v) is 1.03. The van der Waals surface area contributed by atoms with Gasteiger partial charge in [-0.2, -0.15) is 0 Å². The van der Waals surface area contributed by atoms with Crippen LogP contribution < -0.4 is 5.73 Å². The van der Waals surface area contributed by atoms with Gasteiger partial charge in [-0.1, -0.05) is 5.70 Å². The van der Waals surface area contributed by atoms with Crippen molar-refractivity contribution in [2.75, 3.05) is 0 Å². The van der Waals surface area contributed by atoms with E-state index in [0.717, 1.165) is 10.5 Å². The molecular formula is C2H9NOSi2. The first-order valence-electron chi connectivity index (χ1n) is 1.77. The van der Waals surface area contributed by atoms with Crippen LogP contribution in [0.2, 0.25) is 0 Å². The Bertz CT molecular complexity index is 46.8. The van der Waals surface area contributed by atoms with Crippen molar-refractivity contribution < 1.29 is 4.12 Å². The fourth-order valence-electron chi connectivity index (χ4n) is 0.152. The Balaban J connectivity index is 2.66. The van der Waals surface area contributed by atoms with Gasteiger partial charge >= 0.3 is 0 Å². The lowest BCUT2D eigenvalue weighted by molar-refractivity contribution is 0.675. The Morgan fingerprint density at radius 3 is 2.67 bits per heavy atom. The summed E-state index contributed by atoms with van der Waals surface area (Å²) in [6.07, 6.45) is 1.55. The van der Waals surface area contributed by atoms with Gasteiger partial charge in [-0.15, -0.1) is 0 Å². The molecule has 6 heavy (non-hydrogen) atoms. The summed E-state index contributed by atoms with van der Waals surface area (Å²) in [4.78, 5) is 0. The third kappa shape index (κ3) is 3.93. The van der Waals surface area contributed by atoms with Crippen LogP contribution in [0.25, 0.3) is 0 Å². The van der Waals surface area contributed by atoms with Gasteiger partial charge in [-0.3, -0.25) is 0 Å². The molecule has 0 unspecified atom stereocenters. The Kier molecular flexibility index (Phi) is 4.88. The number of hydrogen-bond acceptors (Lipinski definition) is 2. The van der Waals surface area contributed by atoms with E-state index in [1.165, 1.54) is 0 Å². The molecule has 0 aliphatic heterocycles. The molecule has 0 rings (SSSR count). The predicted octanol–water partition coefficient (Wildman–Crippen LogP) is -2.20. The van der Waals surface area contributed by atoms with E-state index in [-0.39, 0.29) is 9.76 Å². The van der Waals surface area contributed by atoms with Crippen LogP contribution in [0.3, 0.4) is 0 Å². The maximum absolute atomic E-state index is 5.00. The minimum absolute atomic E-state index is 0.322. The fraction of sp³-hybridized carbons (Fsp3) is 0. The van der Waals surface area contributed by atoms with Crippen LogP contribution in [0.1, 0.15) is 0 Å². The third-order valence-electron chi connectivity index (χ3n) is 0.399. The van der Waals surface area contributed by atoms with Crippen molar-refractivity contribution >= 4 is 20.2 Å². The predicted molar refractivity (Wildman–Crippen MR) is 32.9 cm³/mol. The van der Waals surface area contributed by atoms with Crippen LogP contribution >= 0.6 is 0 Å². The zero-order chi connectivity index (χ0) is 4.83. The van der Waals surface area contributed by atoms with E-state index in [4.69, 9.17) is 9.85 Å². The van der Waals surface area contributed by atoms with Crippen molar-refractivity contribution in [2.45, 2.75) is 0 Å². The standard InChI is InChI=1S/C2H9NOSi2/c3-1-2-6-4-5/h1-2H,3,6H2,5H3. The summed E-state index contributed by atoms with van der Waals surface area (Å²) in [6.45, 7) is 0. The molecule has 0 fully saturated rings. The molecule has 0 atom stereocenters. The SMILES string of the molecule is NC=C[SiH2]O[SiH3]. The molecule has 0 bridgehead atoms. The summed E-state index contributed by atoms with van der Waals surface area (Å²) >= 11 is 0. The van der Waals surface area contributed by atoms with E-state index in [2.05, 4.69) is 0 Å². The van der Waals surface area contributed by atoms with Crippen molar-refractivity contribution in [1.82, 2.24) is 0 Å². The van der Waals surface area contributed by atoms with Crippen LogP contribution in [0, 0.1) is 0 Å². The normalized spacial score (nSPS) is 12.7. The highest BCUT2D eigenvalue weighted by Gasteiger charge is 1.65. The first kappa shape index (κ1) is 5.93. The molecule has 36 valence electrons. The molecule has 0 heterocycles. The summed E-state index contributed by atoms with van der Waals surface area (Å²) in [5.41, 5.74) is 6.91. The maximum Gasteiger partial charge on any atom is 0.172 e. The molecule has 0 spiro atoms. The molecule has 0 aliphatic carbocycles. The van der Waals surface area contributed by atoms with Gasteiger partial charge in [-0.25, -0.2) is 0 Å². The van der Waals surface area contributed by atoms with Crippen LogP contribution in [0.4, 0.5) is 0 Å². The Morgan fingerprint density at radius 1 is 1.83 bits per heavy atom. The van der Waals surface area contributed by atoms with E-state index in [0.29, 0.717) is 0 Å². The van der Waals surface area contributed by atoms with Gasteiger partial charge in [0.25, 0.3) is 0 Å². The smallest absolute Gasteiger partial charge is 0.172 e. The van der Waals surface area contributed by atoms with Gasteiger partial charge in [0.2, 0.25) is 0 Å². The second kappa shape index (κ2) is 4.93. The summed E-state index contributed by atoms with van der Waals surface area (Å²) in [5, 5.41) is 0. The minimum atomic E-state index is -0.322. The van der Waals surface area contributed by atoms with Crippen LogP contribution in [0.5, 0.6) is 0 Å². The van der Waals surface area contributed by atoms with E-state index >= 15 is 0 Å². The summed E-state index contributed by atoms with van der Waals surface area (Å²) < 4.78 is 4.89. The Hall–Kier alpha value is -0.0662. The Morgan fingerprint density at radius 2 is 2.50 bits per heavy atom. The van der Waals surface area contributed by atoms with Crippen LogP contribution in [-0.4, -0.2) is 20.2 Å². The van der Waals surface area contributed by atoms with E-state index in [1.807, 2.05) is 5.70 Å². The zero-order valence-corrected chi connectivity index (χ0v) is 7.26. The average Bonchev–Trinajstić information content (AvgIpc) is 1.61. The monoisotopic (exact) mass is 119 g/mol. The first-order valence-corrected chi connectivity index (χ1v) is 3.98. The van der Waals surface area contributed by atoms with Gasteiger partial charge in [0.05, 0.1) is 0 Å². The van der Waals surface area contributed by atoms with E-state index in [1.54, 1.807) is 6.20 Å². The molecule has 0 saturated carbocycles. The van der Waals surface area contributed by atoms with Gasteiger partial charge in [0, 0.05) is 0 Å². The van der Waals surface area contributed by atoms with E-state index < -0.39 is 0 Å². The molecule has 2 nitrogen and oxygen atoms in total. The molecule has 0 aromatic heterocycles. The first-order chi connectivity index (χ1) is 2.91. The highest BCUT2D eigenvalue weighted by atomic mass is 28.3. The molecule has 0 radical (unpaired) electrons. The third-order valence-corrected chi connectivity index (χ3v) is 2.20. The minimum Gasteiger partial charge on any atom is -0.465 e. The molecule has 0 amide bonds. The molecule has 2 N–H and O–H groups in total. The Labute approximate surface area is 42.9 Å². The molecular weight excluding hydrogens is 110 g/mol. The molecule has 0 aromatic carbocycles. The van der Waals surface area contributed by atoms with Crippen molar-refractivity contribution in [2.24, 2.45) is 5.73 Å². The van der Waals surface area contributed by atoms with Crippen LogP contribution in [-0.2, 0) is 4.12 Å². The highest BCUT2D eigenvalue weighted by Crippen LogP contribution is 1.58. The van der Waals surface area contributed by atoms with Gasteiger partial charge in [-0.05, 0) is 6.20 Å². The topological polar surface area (TPSA) is 35.2 Å². The largest absolute Gasteiger partial charge is 0.465 e. The van der Waals surface area contributed by atoms with Crippen molar-refractivity contribution in [3.63, 3.8) is 0 Å². The summed E-state index contributed by atoms with van der Waals surface area (Å²) in [7, 11) is 0.536. The number of hydrogen-bond donors (Lipinski definition) is 1. The van der Waals surface area contributed by atoms with Gasteiger partial charge in [0.1, 0.15) is 10.5 Å². The van der Waals surface area contributed by atoms with Gasteiger partial charge < -0.3 is 9.85 Å². The average molecular weight is 119 g/mol. The molecule has 4 heteroatoms. The molecule has 0 aromatic rings. The van der Waals surface area contributed by atoms with Crippen molar-refractivity contribution in [3.8, 4) is 0 Å². The highest BCUT2D eigenvalue weighted by molar-refractivity contribution is 6.39. The zero-order valence-electron chi connectivity index (χ0n) is 3.85. The lowest BCUT2D eigenvalue weighted by atomic mass is 11.1. The summed E-state index contributed by atoms with van der Waals surface area (Å²) in [6, 6.07) is 0. The van der Waals surface area contributed by atoms with Crippen LogP contribution in [0.15, 0.2) is 11.9 Å². The summed E-state index contributed by atoms with van der Waals surface area (Å²) in [5.74, 6) is 0.